The Labute approximate surface area is 124 Å². The van der Waals surface area contributed by atoms with Crippen LogP contribution in [0.2, 0.25) is 0 Å². The van der Waals surface area contributed by atoms with E-state index in [-0.39, 0.29) is 0 Å². The first-order valence-electron chi connectivity index (χ1n) is 5.33. The van der Waals surface area contributed by atoms with E-state index in [0.717, 1.165) is 13.6 Å². The maximum atomic E-state index is 9.68. The molecule has 0 spiro atoms. The van der Waals surface area contributed by atoms with E-state index in [1.807, 2.05) is 0 Å². The number of nitrogens with one attached hydrogen (secondary N) is 1. The zero-order chi connectivity index (χ0) is 12.3. The number of hydrogen-bond acceptors (Lipinski definition) is 2. The van der Waals surface area contributed by atoms with Crippen molar-refractivity contribution in [1.82, 2.24) is 5.32 Å². The lowest BCUT2D eigenvalue weighted by atomic mass is 10.1. The molecular formula is C12H17I2NO. The Hall–Kier alpha value is 0.440. The van der Waals surface area contributed by atoms with E-state index in [4.69, 9.17) is 0 Å². The minimum atomic E-state index is 0.398. The first kappa shape index (κ1) is 14.5. The fourth-order valence-corrected chi connectivity index (χ4v) is 3.61. The topological polar surface area (TPSA) is 32.3 Å². The molecule has 0 heterocycles. The molecule has 0 saturated carbocycles. The van der Waals surface area contributed by atoms with Crippen molar-refractivity contribution in [3.05, 3.63) is 24.8 Å². The number of rotatable bonds is 4. The molecule has 2 nitrogen and oxygen atoms in total. The largest absolute Gasteiger partial charge is 0.506 e. The normalized spacial score (nSPS) is 13.1. The summed E-state index contributed by atoms with van der Waals surface area (Å²) in [6.45, 7) is 6.49. The molecule has 1 aromatic carbocycles. The zero-order valence-corrected chi connectivity index (χ0v) is 14.0. The van der Waals surface area contributed by atoms with Crippen molar-refractivity contribution < 1.29 is 5.11 Å². The lowest BCUT2D eigenvalue weighted by molar-refractivity contribution is 0.465. The lowest BCUT2D eigenvalue weighted by Crippen LogP contribution is -2.33. The number of hydrogen-bond donors (Lipinski definition) is 2. The van der Waals surface area contributed by atoms with Crippen LogP contribution < -0.4 is 5.32 Å². The van der Waals surface area contributed by atoms with Crippen LogP contribution in [0.5, 0.6) is 5.75 Å². The second-order valence-corrected chi connectivity index (χ2v) is 6.66. The average Bonchev–Trinajstić information content (AvgIpc) is 2.12. The van der Waals surface area contributed by atoms with E-state index in [9.17, 15) is 5.11 Å². The number of halogens is 2. The fraction of sp³-hybridized carbons (Fsp3) is 0.500. The van der Waals surface area contributed by atoms with Gasteiger partial charge in [-0.15, -0.1) is 0 Å². The highest BCUT2D eigenvalue weighted by Gasteiger charge is 2.09. The van der Waals surface area contributed by atoms with Gasteiger partial charge in [-0.2, -0.15) is 0 Å². The lowest BCUT2D eigenvalue weighted by Gasteiger charge is -2.17. The summed E-state index contributed by atoms with van der Waals surface area (Å²) in [7, 11) is 0. The molecule has 0 aromatic heterocycles. The minimum Gasteiger partial charge on any atom is -0.506 e. The van der Waals surface area contributed by atoms with Crippen molar-refractivity contribution >= 4 is 45.2 Å². The summed E-state index contributed by atoms with van der Waals surface area (Å²) in [5.74, 6) is 0.398. The summed E-state index contributed by atoms with van der Waals surface area (Å²) in [6.07, 6.45) is 0.991. The van der Waals surface area contributed by atoms with Crippen molar-refractivity contribution in [2.45, 2.75) is 39.3 Å². The summed E-state index contributed by atoms with van der Waals surface area (Å²) in [5.41, 5.74) is 1.27. The highest BCUT2D eigenvalue weighted by molar-refractivity contribution is 14.1. The Bertz CT molecular complexity index is 343. The maximum Gasteiger partial charge on any atom is 0.142 e. The van der Waals surface area contributed by atoms with Crippen molar-refractivity contribution in [3.63, 3.8) is 0 Å². The van der Waals surface area contributed by atoms with Gasteiger partial charge in [0.15, 0.2) is 0 Å². The SMILES string of the molecule is CC(C)NC(C)Cc1cc(I)c(O)c(I)c1. The molecule has 1 aromatic rings. The molecule has 2 N–H and O–H groups in total. The van der Waals surface area contributed by atoms with E-state index in [1.165, 1.54) is 5.56 Å². The van der Waals surface area contributed by atoms with Gasteiger partial charge < -0.3 is 10.4 Å². The summed E-state index contributed by atoms with van der Waals surface area (Å²) >= 11 is 4.35. The van der Waals surface area contributed by atoms with Crippen LogP contribution in [0.25, 0.3) is 0 Å². The van der Waals surface area contributed by atoms with Gasteiger partial charge in [-0.05, 0) is 76.2 Å². The zero-order valence-electron chi connectivity index (χ0n) is 9.72. The van der Waals surface area contributed by atoms with E-state index in [0.29, 0.717) is 17.8 Å². The van der Waals surface area contributed by atoms with Crippen LogP contribution in [0, 0.1) is 7.14 Å². The first-order chi connectivity index (χ1) is 7.40. The summed E-state index contributed by atoms with van der Waals surface area (Å²) in [6, 6.07) is 5.06. The number of aromatic hydroxyl groups is 1. The van der Waals surface area contributed by atoms with Gasteiger partial charge in [0, 0.05) is 12.1 Å². The average molecular weight is 445 g/mol. The molecule has 0 bridgehead atoms. The predicted octanol–water partition coefficient (Wildman–Crippen LogP) is 3.53. The quantitative estimate of drug-likeness (QED) is 0.696. The van der Waals surface area contributed by atoms with E-state index >= 15 is 0 Å². The van der Waals surface area contributed by atoms with Crippen LogP contribution in [0.3, 0.4) is 0 Å². The molecule has 0 aliphatic carbocycles. The molecule has 1 rings (SSSR count). The number of benzene rings is 1. The van der Waals surface area contributed by atoms with Crippen molar-refractivity contribution in [2.75, 3.05) is 0 Å². The van der Waals surface area contributed by atoms with Gasteiger partial charge in [0.2, 0.25) is 0 Å². The number of phenolic OH excluding ortho intramolecular Hbond substituents is 1. The van der Waals surface area contributed by atoms with Crippen LogP contribution in [-0.2, 0) is 6.42 Å². The Morgan fingerprint density at radius 2 is 1.69 bits per heavy atom. The van der Waals surface area contributed by atoms with Gasteiger partial charge in [-0.25, -0.2) is 0 Å². The van der Waals surface area contributed by atoms with Crippen molar-refractivity contribution in [1.29, 1.82) is 0 Å². The van der Waals surface area contributed by atoms with E-state index < -0.39 is 0 Å². The minimum absolute atomic E-state index is 0.398. The molecule has 0 aliphatic rings. The third-order valence-corrected chi connectivity index (χ3v) is 3.88. The van der Waals surface area contributed by atoms with Gasteiger partial charge in [-0.3, -0.25) is 0 Å². The third kappa shape index (κ3) is 4.37. The molecule has 4 heteroatoms. The molecule has 0 fully saturated rings. The van der Waals surface area contributed by atoms with Gasteiger partial charge in [0.05, 0.1) is 7.14 Å². The number of phenols is 1. The Balaban J connectivity index is 2.74. The smallest absolute Gasteiger partial charge is 0.142 e. The highest BCUT2D eigenvalue weighted by atomic mass is 127. The van der Waals surface area contributed by atoms with Crippen molar-refractivity contribution in [3.8, 4) is 5.75 Å². The fourth-order valence-electron chi connectivity index (χ4n) is 1.72. The monoisotopic (exact) mass is 445 g/mol. The first-order valence-corrected chi connectivity index (χ1v) is 7.48. The van der Waals surface area contributed by atoms with Crippen LogP contribution in [0.4, 0.5) is 0 Å². The maximum absolute atomic E-state index is 9.68. The van der Waals surface area contributed by atoms with E-state index in [1.54, 1.807) is 0 Å². The van der Waals surface area contributed by atoms with Gasteiger partial charge >= 0.3 is 0 Å². The predicted molar refractivity (Wildman–Crippen MR) is 85.0 cm³/mol. The Morgan fingerprint density at radius 1 is 1.19 bits per heavy atom. The second-order valence-electron chi connectivity index (χ2n) is 4.33. The van der Waals surface area contributed by atoms with Crippen LogP contribution in [-0.4, -0.2) is 17.2 Å². The standard InChI is InChI=1S/C12H17I2NO/c1-7(2)15-8(3)4-9-5-10(13)12(16)11(14)6-9/h5-8,15-16H,4H2,1-3H3. The van der Waals surface area contributed by atoms with Gasteiger partial charge in [0.25, 0.3) is 0 Å². The Kier molecular flexibility index (Phi) is 5.79. The summed E-state index contributed by atoms with van der Waals surface area (Å²) < 4.78 is 1.85. The summed E-state index contributed by atoms with van der Waals surface area (Å²) in [5, 5.41) is 13.2. The highest BCUT2D eigenvalue weighted by Crippen LogP contribution is 2.27. The Morgan fingerprint density at radius 3 is 2.12 bits per heavy atom. The van der Waals surface area contributed by atoms with Crippen LogP contribution in [0.1, 0.15) is 26.3 Å². The molecule has 0 radical (unpaired) electrons. The molecule has 90 valence electrons. The molecule has 1 atom stereocenters. The van der Waals surface area contributed by atoms with Gasteiger partial charge in [0.1, 0.15) is 5.75 Å². The second kappa shape index (κ2) is 6.39. The molecule has 1 unspecified atom stereocenters. The summed E-state index contributed by atoms with van der Waals surface area (Å²) in [4.78, 5) is 0. The third-order valence-electron chi connectivity index (χ3n) is 2.24. The van der Waals surface area contributed by atoms with E-state index in [2.05, 4.69) is 83.4 Å². The molecule has 0 aliphatic heterocycles. The van der Waals surface area contributed by atoms with Crippen LogP contribution in [0.15, 0.2) is 12.1 Å². The molecular weight excluding hydrogens is 428 g/mol. The molecule has 0 saturated heterocycles. The molecule has 0 amide bonds. The van der Waals surface area contributed by atoms with Crippen LogP contribution >= 0.6 is 45.2 Å². The van der Waals surface area contributed by atoms with Gasteiger partial charge in [-0.1, -0.05) is 13.8 Å². The van der Waals surface area contributed by atoms with Crippen molar-refractivity contribution in [2.24, 2.45) is 0 Å². The molecule has 16 heavy (non-hydrogen) atoms.